The molecule has 0 atom stereocenters. The molecular weight excluding hydrogens is 270 g/mol. The van der Waals surface area contributed by atoms with E-state index in [1.54, 1.807) is 6.07 Å². The van der Waals surface area contributed by atoms with E-state index in [0.717, 1.165) is 16.8 Å². The molecule has 1 aromatic heterocycles. The predicted octanol–water partition coefficient (Wildman–Crippen LogP) is 3.29. The van der Waals surface area contributed by atoms with Gasteiger partial charge in [-0.05, 0) is 37.1 Å². The van der Waals surface area contributed by atoms with Gasteiger partial charge in [-0.1, -0.05) is 18.2 Å². The van der Waals surface area contributed by atoms with Gasteiger partial charge in [0.05, 0.1) is 5.69 Å². The Bertz CT molecular complexity index is 679. The molecule has 0 saturated carbocycles. The summed E-state index contributed by atoms with van der Waals surface area (Å²) in [7, 11) is 1.54. The van der Waals surface area contributed by atoms with Gasteiger partial charge < -0.3 is 0 Å². The van der Waals surface area contributed by atoms with E-state index in [2.05, 4.69) is 4.98 Å². The summed E-state index contributed by atoms with van der Waals surface area (Å²) in [4.78, 5) is 4.17. The molecule has 0 N–H and O–H groups in total. The van der Waals surface area contributed by atoms with Gasteiger partial charge in [0.15, 0.2) is 0 Å². The molecule has 0 aliphatic carbocycles. The Morgan fingerprint density at radius 2 is 1.83 bits per heavy atom. The summed E-state index contributed by atoms with van der Waals surface area (Å²) in [6, 6.07) is 9.06. The number of benzene rings is 1. The van der Waals surface area contributed by atoms with Crippen LogP contribution in [0, 0.1) is 13.8 Å². The molecule has 5 heteroatoms. The molecule has 2 aromatic rings. The van der Waals surface area contributed by atoms with E-state index in [0.29, 0.717) is 0 Å². The van der Waals surface area contributed by atoms with Gasteiger partial charge in [0.25, 0.3) is 9.05 Å². The van der Waals surface area contributed by atoms with Crippen molar-refractivity contribution in [1.82, 2.24) is 4.98 Å². The average molecular weight is 282 g/mol. The Morgan fingerprint density at radius 1 is 1.11 bits per heavy atom. The lowest BCUT2D eigenvalue weighted by molar-refractivity contribution is 0.609. The van der Waals surface area contributed by atoms with Crippen LogP contribution in [-0.4, -0.2) is 13.4 Å². The van der Waals surface area contributed by atoms with Crippen LogP contribution in [0.5, 0.6) is 0 Å². The third kappa shape index (κ3) is 2.54. The number of hydrogen-bond acceptors (Lipinski definition) is 3. The van der Waals surface area contributed by atoms with Crippen LogP contribution in [0.3, 0.4) is 0 Å². The number of nitrogens with zero attached hydrogens (tertiary/aromatic N) is 1. The second kappa shape index (κ2) is 4.71. The highest BCUT2D eigenvalue weighted by molar-refractivity contribution is 8.13. The maximum Gasteiger partial charge on any atom is 0.262 e. The van der Waals surface area contributed by atoms with Crippen LogP contribution in [0.1, 0.15) is 11.1 Å². The number of hydrogen-bond donors (Lipinski definition) is 0. The van der Waals surface area contributed by atoms with Crippen LogP contribution in [-0.2, 0) is 9.05 Å². The Kier molecular flexibility index (Phi) is 3.41. The molecule has 18 heavy (non-hydrogen) atoms. The first-order valence-corrected chi connectivity index (χ1v) is 7.68. The highest BCUT2D eigenvalue weighted by Gasteiger charge is 2.11. The van der Waals surface area contributed by atoms with Crippen molar-refractivity contribution < 1.29 is 8.42 Å². The highest BCUT2D eigenvalue weighted by Crippen LogP contribution is 2.25. The topological polar surface area (TPSA) is 47.0 Å². The van der Waals surface area contributed by atoms with Gasteiger partial charge in [-0.15, -0.1) is 0 Å². The maximum absolute atomic E-state index is 11.1. The lowest BCUT2D eigenvalue weighted by Gasteiger charge is -2.08. The fraction of sp³-hybridized carbons (Fsp3) is 0.154. The molecule has 1 heterocycles. The normalized spacial score (nSPS) is 11.5. The molecule has 0 bridgehead atoms. The van der Waals surface area contributed by atoms with Crippen molar-refractivity contribution in [2.24, 2.45) is 0 Å². The summed E-state index contributed by atoms with van der Waals surface area (Å²) in [5.41, 5.74) is 4.03. The second-order valence-corrected chi connectivity index (χ2v) is 6.63. The van der Waals surface area contributed by atoms with Gasteiger partial charge in [-0.25, -0.2) is 8.42 Å². The fourth-order valence-corrected chi connectivity index (χ4v) is 2.40. The van der Waals surface area contributed by atoms with E-state index >= 15 is 0 Å². The minimum atomic E-state index is -3.71. The van der Waals surface area contributed by atoms with Gasteiger partial charge in [-0.3, -0.25) is 4.98 Å². The third-order valence-corrected chi connectivity index (χ3v) is 4.24. The van der Waals surface area contributed by atoms with Crippen molar-refractivity contribution in [3.8, 4) is 11.3 Å². The molecule has 3 nitrogen and oxygen atoms in total. The quantitative estimate of drug-likeness (QED) is 0.794. The zero-order valence-electron chi connectivity index (χ0n) is 10.0. The first-order chi connectivity index (χ1) is 8.39. The molecule has 0 radical (unpaired) electrons. The molecule has 0 saturated heterocycles. The highest BCUT2D eigenvalue weighted by atomic mass is 35.7. The maximum atomic E-state index is 11.1. The summed E-state index contributed by atoms with van der Waals surface area (Å²) >= 11 is 0. The van der Waals surface area contributed by atoms with Crippen LogP contribution in [0.2, 0.25) is 0 Å². The first-order valence-electron chi connectivity index (χ1n) is 5.37. The number of aromatic nitrogens is 1. The van der Waals surface area contributed by atoms with Crippen molar-refractivity contribution in [3.05, 3.63) is 47.7 Å². The first kappa shape index (κ1) is 13.1. The number of halogens is 1. The van der Waals surface area contributed by atoms with Crippen molar-refractivity contribution in [2.45, 2.75) is 18.7 Å². The smallest absolute Gasteiger partial charge is 0.255 e. The van der Waals surface area contributed by atoms with E-state index in [-0.39, 0.29) is 4.90 Å². The molecule has 2 rings (SSSR count). The van der Waals surface area contributed by atoms with Crippen molar-refractivity contribution in [3.63, 3.8) is 0 Å². The predicted molar refractivity (Wildman–Crippen MR) is 72.2 cm³/mol. The molecule has 0 fully saturated rings. The largest absolute Gasteiger partial charge is 0.262 e. The van der Waals surface area contributed by atoms with Gasteiger partial charge >= 0.3 is 0 Å². The molecule has 0 unspecified atom stereocenters. The Labute approximate surface area is 111 Å². The molecule has 0 aliphatic heterocycles. The number of pyridine rings is 1. The van der Waals surface area contributed by atoms with Gasteiger partial charge in [0.2, 0.25) is 0 Å². The SMILES string of the molecule is Cc1cccc(-c2ccc(S(=O)(=O)Cl)cn2)c1C. The second-order valence-electron chi connectivity index (χ2n) is 4.06. The number of aryl methyl sites for hydroxylation is 1. The van der Waals surface area contributed by atoms with E-state index < -0.39 is 9.05 Å². The molecular formula is C13H12ClNO2S. The van der Waals surface area contributed by atoms with Crippen LogP contribution in [0.25, 0.3) is 11.3 Å². The summed E-state index contributed by atoms with van der Waals surface area (Å²) in [6.07, 6.45) is 1.28. The summed E-state index contributed by atoms with van der Waals surface area (Å²) < 4.78 is 22.3. The zero-order chi connectivity index (χ0) is 13.3. The van der Waals surface area contributed by atoms with Crippen LogP contribution in [0.4, 0.5) is 0 Å². The lowest BCUT2D eigenvalue weighted by atomic mass is 10.0. The van der Waals surface area contributed by atoms with Crippen molar-refractivity contribution in [1.29, 1.82) is 0 Å². The van der Waals surface area contributed by atoms with Gasteiger partial charge in [-0.2, -0.15) is 0 Å². The number of rotatable bonds is 2. The van der Waals surface area contributed by atoms with Crippen LogP contribution >= 0.6 is 10.7 Å². The summed E-state index contributed by atoms with van der Waals surface area (Å²) in [6.45, 7) is 4.04. The molecule has 0 spiro atoms. The Balaban J connectivity index is 2.50. The Morgan fingerprint density at radius 3 is 2.39 bits per heavy atom. The third-order valence-electron chi connectivity index (χ3n) is 2.90. The summed E-state index contributed by atoms with van der Waals surface area (Å²) in [5.74, 6) is 0. The van der Waals surface area contributed by atoms with Gasteiger partial charge in [0.1, 0.15) is 4.90 Å². The standard InChI is InChI=1S/C13H12ClNO2S/c1-9-4-3-5-12(10(9)2)13-7-6-11(8-15-13)18(14,16)17/h3-8H,1-2H3. The minimum absolute atomic E-state index is 0.0122. The van der Waals surface area contributed by atoms with E-state index in [1.807, 2.05) is 32.0 Å². The Hall–Kier alpha value is -1.39. The molecule has 0 amide bonds. The van der Waals surface area contributed by atoms with E-state index in [4.69, 9.17) is 10.7 Å². The van der Waals surface area contributed by atoms with E-state index in [9.17, 15) is 8.42 Å². The minimum Gasteiger partial charge on any atom is -0.255 e. The van der Waals surface area contributed by atoms with Crippen molar-refractivity contribution >= 4 is 19.7 Å². The fourth-order valence-electron chi connectivity index (χ4n) is 1.71. The average Bonchev–Trinajstić information content (AvgIpc) is 2.32. The van der Waals surface area contributed by atoms with Gasteiger partial charge in [0, 0.05) is 22.4 Å². The van der Waals surface area contributed by atoms with Crippen LogP contribution < -0.4 is 0 Å². The lowest BCUT2D eigenvalue weighted by Crippen LogP contribution is -1.94. The molecule has 0 aliphatic rings. The molecule has 1 aromatic carbocycles. The summed E-state index contributed by atoms with van der Waals surface area (Å²) in [5, 5.41) is 0. The zero-order valence-corrected chi connectivity index (χ0v) is 11.6. The monoisotopic (exact) mass is 281 g/mol. The van der Waals surface area contributed by atoms with Crippen molar-refractivity contribution in [2.75, 3.05) is 0 Å². The van der Waals surface area contributed by atoms with E-state index in [1.165, 1.54) is 17.8 Å². The molecule has 94 valence electrons. The van der Waals surface area contributed by atoms with Crippen LogP contribution in [0.15, 0.2) is 41.4 Å².